The van der Waals surface area contributed by atoms with Gasteiger partial charge in [0.2, 0.25) is 5.78 Å². The first kappa shape index (κ1) is 20.4. The third-order valence-electron chi connectivity index (χ3n) is 4.34. The van der Waals surface area contributed by atoms with Crippen LogP contribution < -0.4 is 11.1 Å². The lowest BCUT2D eigenvalue weighted by Crippen LogP contribution is -2.05. The number of rotatable bonds is 4. The van der Waals surface area contributed by atoms with Crippen molar-refractivity contribution in [2.45, 2.75) is 20.0 Å². The molecule has 0 fully saturated rings. The van der Waals surface area contributed by atoms with Crippen LogP contribution in [0.25, 0.3) is 0 Å². The highest BCUT2D eigenvalue weighted by Crippen LogP contribution is 2.39. The molecule has 0 aliphatic heterocycles. The smallest absolute Gasteiger partial charge is 0.396 e. The highest BCUT2D eigenvalue weighted by molar-refractivity contribution is 7.19. The minimum Gasteiger partial charge on any atom is -0.396 e. The van der Waals surface area contributed by atoms with E-state index in [9.17, 15) is 23.2 Å². The molecule has 8 heteroatoms. The monoisotopic (exact) mass is 415 g/mol. The Morgan fingerprint density at radius 3 is 2.52 bits per heavy atom. The van der Waals surface area contributed by atoms with Gasteiger partial charge in [-0.1, -0.05) is 29.8 Å². The Hall–Kier alpha value is -3.31. The Kier molecular flexibility index (Phi) is 5.36. The second kappa shape index (κ2) is 7.60. The van der Waals surface area contributed by atoms with Gasteiger partial charge in [-0.3, -0.25) is 4.79 Å². The third-order valence-corrected chi connectivity index (χ3v) is 5.46. The van der Waals surface area contributed by atoms with Crippen molar-refractivity contribution in [3.8, 4) is 6.07 Å². The molecule has 0 aliphatic carbocycles. The maximum atomic E-state index is 13.0. The number of anilines is 3. The molecule has 0 atom stereocenters. The van der Waals surface area contributed by atoms with E-state index in [1.165, 1.54) is 12.1 Å². The van der Waals surface area contributed by atoms with Crippen molar-refractivity contribution < 1.29 is 18.0 Å². The zero-order valence-corrected chi connectivity index (χ0v) is 16.3. The summed E-state index contributed by atoms with van der Waals surface area (Å²) in [5, 5.41) is 12.5. The third kappa shape index (κ3) is 4.10. The van der Waals surface area contributed by atoms with E-state index in [4.69, 9.17) is 5.73 Å². The SMILES string of the molecule is Cc1ccc(C(=O)c2sc(Nc3cccc(C(F)(F)F)c3)c(C#N)c2N)c(C)c1. The fourth-order valence-corrected chi connectivity index (χ4v) is 3.95. The Morgan fingerprint density at radius 2 is 1.90 bits per heavy atom. The number of benzene rings is 2. The molecular weight excluding hydrogens is 399 g/mol. The van der Waals surface area contributed by atoms with Gasteiger partial charge < -0.3 is 11.1 Å². The lowest BCUT2D eigenvalue weighted by molar-refractivity contribution is -0.137. The lowest BCUT2D eigenvalue weighted by atomic mass is 10.0. The molecule has 0 amide bonds. The number of carbonyl (C=O) groups excluding carboxylic acids is 1. The van der Waals surface area contributed by atoms with Crippen molar-refractivity contribution in [3.05, 3.63) is 75.2 Å². The van der Waals surface area contributed by atoms with Crippen LogP contribution in [-0.2, 0) is 6.18 Å². The number of thiophene rings is 1. The Labute approximate surface area is 169 Å². The second-order valence-electron chi connectivity index (χ2n) is 6.51. The maximum absolute atomic E-state index is 13.0. The van der Waals surface area contributed by atoms with Gasteiger partial charge in [0, 0.05) is 11.3 Å². The van der Waals surface area contributed by atoms with E-state index in [2.05, 4.69) is 5.32 Å². The molecule has 0 spiro atoms. The molecule has 29 heavy (non-hydrogen) atoms. The molecule has 3 rings (SSSR count). The number of hydrogen-bond acceptors (Lipinski definition) is 5. The molecular formula is C21H16F3N3OS. The summed E-state index contributed by atoms with van der Waals surface area (Å²) < 4.78 is 38.8. The Bertz CT molecular complexity index is 1140. The Morgan fingerprint density at radius 1 is 1.17 bits per heavy atom. The number of nitrogens with zero attached hydrogens (tertiary/aromatic N) is 1. The first-order chi connectivity index (χ1) is 13.6. The molecule has 0 unspecified atom stereocenters. The average molecular weight is 415 g/mol. The maximum Gasteiger partial charge on any atom is 0.416 e. The summed E-state index contributed by atoms with van der Waals surface area (Å²) in [4.78, 5) is 13.1. The number of carbonyl (C=O) groups is 1. The molecule has 4 nitrogen and oxygen atoms in total. The summed E-state index contributed by atoms with van der Waals surface area (Å²) in [6.07, 6.45) is -4.49. The summed E-state index contributed by atoms with van der Waals surface area (Å²) in [5.74, 6) is -0.335. The van der Waals surface area contributed by atoms with Crippen LogP contribution >= 0.6 is 11.3 Å². The van der Waals surface area contributed by atoms with Gasteiger partial charge in [0.1, 0.15) is 21.5 Å². The van der Waals surface area contributed by atoms with Crippen LogP contribution in [0, 0.1) is 25.2 Å². The molecule has 3 N–H and O–H groups in total. The standard InChI is InChI=1S/C21H16F3N3OS/c1-11-6-7-15(12(2)8-11)18(28)19-17(26)16(10-25)20(29-19)27-14-5-3-4-13(9-14)21(22,23)24/h3-9,27H,26H2,1-2H3. The number of nitrogens with two attached hydrogens (primary N) is 1. The van der Waals surface area contributed by atoms with Crippen LogP contribution in [0.3, 0.4) is 0 Å². The average Bonchev–Trinajstić information content (AvgIpc) is 2.96. The van der Waals surface area contributed by atoms with Crippen LogP contribution in [0.2, 0.25) is 0 Å². The zero-order chi connectivity index (χ0) is 21.3. The molecule has 0 saturated heterocycles. The quantitative estimate of drug-likeness (QED) is 0.527. The van der Waals surface area contributed by atoms with E-state index in [1.54, 1.807) is 19.1 Å². The molecule has 1 aromatic heterocycles. The van der Waals surface area contributed by atoms with Crippen LogP contribution in [0.15, 0.2) is 42.5 Å². The highest BCUT2D eigenvalue weighted by atomic mass is 32.1. The normalized spacial score (nSPS) is 11.2. The number of halogens is 3. The summed E-state index contributed by atoms with van der Waals surface area (Å²) in [5.41, 5.74) is 7.62. The van der Waals surface area contributed by atoms with Gasteiger partial charge in [-0.2, -0.15) is 18.4 Å². The number of nitrogens with one attached hydrogen (secondary N) is 1. The lowest BCUT2D eigenvalue weighted by Gasteiger charge is -2.09. The molecule has 0 radical (unpaired) electrons. The number of nitriles is 1. The summed E-state index contributed by atoms with van der Waals surface area (Å²) in [7, 11) is 0. The van der Waals surface area contributed by atoms with Gasteiger partial charge >= 0.3 is 6.18 Å². The van der Waals surface area contributed by atoms with Crippen molar-refractivity contribution in [1.82, 2.24) is 0 Å². The van der Waals surface area contributed by atoms with E-state index >= 15 is 0 Å². The number of aryl methyl sites for hydroxylation is 2. The molecule has 0 saturated carbocycles. The van der Waals surface area contributed by atoms with Crippen molar-refractivity contribution in [1.29, 1.82) is 5.26 Å². The van der Waals surface area contributed by atoms with Crippen LogP contribution in [0.4, 0.5) is 29.5 Å². The van der Waals surface area contributed by atoms with Gasteiger partial charge in [0.05, 0.1) is 11.3 Å². The summed E-state index contributed by atoms with van der Waals surface area (Å²) in [6.45, 7) is 3.71. The van der Waals surface area contributed by atoms with Crippen molar-refractivity contribution in [2.24, 2.45) is 0 Å². The largest absolute Gasteiger partial charge is 0.416 e. The Balaban J connectivity index is 2.00. The molecule has 2 aromatic carbocycles. The number of hydrogen-bond donors (Lipinski definition) is 2. The number of nitrogen functional groups attached to an aromatic ring is 1. The van der Waals surface area contributed by atoms with Gasteiger partial charge in [-0.05, 0) is 37.6 Å². The van der Waals surface area contributed by atoms with Crippen LogP contribution in [0.5, 0.6) is 0 Å². The fourth-order valence-electron chi connectivity index (χ4n) is 2.91. The number of ketones is 1. The van der Waals surface area contributed by atoms with Gasteiger partial charge in [0.15, 0.2) is 0 Å². The minimum absolute atomic E-state index is 0.0111. The van der Waals surface area contributed by atoms with E-state index in [0.717, 1.165) is 34.6 Å². The predicted octanol–water partition coefficient (Wildman–Crippen LogP) is 5.81. The van der Waals surface area contributed by atoms with E-state index < -0.39 is 11.7 Å². The molecule has 1 heterocycles. The van der Waals surface area contributed by atoms with Crippen molar-refractivity contribution in [2.75, 3.05) is 11.1 Å². The van der Waals surface area contributed by atoms with E-state index in [1.807, 2.05) is 19.1 Å². The molecule has 148 valence electrons. The first-order valence-corrected chi connectivity index (χ1v) is 9.32. The second-order valence-corrected chi connectivity index (χ2v) is 7.53. The first-order valence-electron chi connectivity index (χ1n) is 8.50. The minimum atomic E-state index is -4.49. The topological polar surface area (TPSA) is 78.9 Å². The zero-order valence-electron chi connectivity index (χ0n) is 15.5. The van der Waals surface area contributed by atoms with Crippen LogP contribution in [0.1, 0.15) is 37.5 Å². The molecule has 0 bridgehead atoms. The van der Waals surface area contributed by atoms with Gasteiger partial charge in [0.25, 0.3) is 0 Å². The number of alkyl halides is 3. The summed E-state index contributed by atoms with van der Waals surface area (Å²) in [6, 6.07) is 11.9. The van der Waals surface area contributed by atoms with Crippen molar-refractivity contribution in [3.63, 3.8) is 0 Å². The van der Waals surface area contributed by atoms with Crippen molar-refractivity contribution >= 4 is 33.5 Å². The highest BCUT2D eigenvalue weighted by Gasteiger charge is 2.30. The van der Waals surface area contributed by atoms with Crippen LogP contribution in [-0.4, -0.2) is 5.78 Å². The molecule has 3 aromatic rings. The van der Waals surface area contributed by atoms with E-state index in [-0.39, 0.29) is 32.6 Å². The predicted molar refractivity (Wildman–Crippen MR) is 108 cm³/mol. The molecule has 0 aliphatic rings. The summed E-state index contributed by atoms with van der Waals surface area (Å²) >= 11 is 0.945. The van der Waals surface area contributed by atoms with Gasteiger partial charge in [-0.25, -0.2) is 0 Å². The van der Waals surface area contributed by atoms with Gasteiger partial charge in [-0.15, -0.1) is 11.3 Å². The van der Waals surface area contributed by atoms with E-state index in [0.29, 0.717) is 5.56 Å². The fraction of sp³-hybridized carbons (Fsp3) is 0.143.